The minimum absolute atomic E-state index is 0.168. The van der Waals surface area contributed by atoms with Gasteiger partial charge in [0.05, 0.1) is 30.5 Å². The third-order valence-electron chi connectivity index (χ3n) is 6.21. The van der Waals surface area contributed by atoms with Gasteiger partial charge in [0.15, 0.2) is 0 Å². The summed E-state index contributed by atoms with van der Waals surface area (Å²) in [5.41, 5.74) is 1.34. The van der Waals surface area contributed by atoms with Crippen molar-refractivity contribution in [2.24, 2.45) is 4.99 Å². The van der Waals surface area contributed by atoms with E-state index in [0.29, 0.717) is 5.69 Å². The second-order valence-corrected chi connectivity index (χ2v) is 9.16. The Morgan fingerprint density at radius 2 is 1.13 bits per heavy atom. The maximum Gasteiger partial charge on any atom is 0.321 e. The molecular weight excluding hydrogens is 518 g/mol. The molecule has 38 heavy (non-hydrogen) atoms. The quantitative estimate of drug-likeness (QED) is 0.212. The van der Waals surface area contributed by atoms with Gasteiger partial charge in [0.2, 0.25) is 0 Å². The topological polar surface area (TPSA) is 175 Å². The van der Waals surface area contributed by atoms with Gasteiger partial charge in [-0.05, 0) is 36.3 Å². The SMILES string of the molecule is O=C(O)CN1CCN(CC(=O)O)CCN(C(Cc2ccc(N=C=S)cc2)C(=O)O)CCN(CC(=O)O)CC1. The molecule has 1 aliphatic rings. The number of aliphatic imine (C=N–C) groups is 1. The van der Waals surface area contributed by atoms with Crippen molar-refractivity contribution in [2.75, 3.05) is 72.0 Å². The van der Waals surface area contributed by atoms with E-state index >= 15 is 0 Å². The number of aliphatic carboxylic acids is 4. The standard InChI is InChI=1S/C24H33N5O8S/c30-21(31)14-26-5-7-27(15-22(32)33)9-11-29(12-10-28(8-6-26)16-23(34)35)20(24(36)37)13-18-1-3-19(4-2-18)25-17-38/h1-4,20H,5-16H2,(H,30,31)(H,32,33)(H,34,35)(H,36,37). The number of carboxylic acids is 4. The molecular formula is C24H33N5O8S. The predicted molar refractivity (Wildman–Crippen MR) is 140 cm³/mol. The normalized spacial score (nSPS) is 17.9. The first-order valence-electron chi connectivity index (χ1n) is 12.0. The molecule has 0 spiro atoms. The van der Waals surface area contributed by atoms with Crippen molar-refractivity contribution in [3.05, 3.63) is 29.8 Å². The number of hydrogen-bond acceptors (Lipinski definition) is 10. The van der Waals surface area contributed by atoms with Gasteiger partial charge < -0.3 is 20.4 Å². The Bertz CT molecular complexity index is 986. The van der Waals surface area contributed by atoms with Gasteiger partial charge in [-0.25, -0.2) is 0 Å². The van der Waals surface area contributed by atoms with Crippen LogP contribution in [0.2, 0.25) is 0 Å². The zero-order valence-electron chi connectivity index (χ0n) is 20.9. The van der Waals surface area contributed by atoms with Gasteiger partial charge in [-0.15, -0.1) is 0 Å². The van der Waals surface area contributed by atoms with Crippen LogP contribution in [0.1, 0.15) is 5.56 Å². The molecule has 1 unspecified atom stereocenters. The van der Waals surface area contributed by atoms with Crippen molar-refractivity contribution in [1.82, 2.24) is 19.6 Å². The molecule has 1 heterocycles. The smallest absolute Gasteiger partial charge is 0.321 e. The Kier molecular flexibility index (Phi) is 12.9. The van der Waals surface area contributed by atoms with Crippen molar-refractivity contribution in [3.8, 4) is 0 Å². The van der Waals surface area contributed by atoms with E-state index in [1.165, 1.54) is 0 Å². The fourth-order valence-electron chi connectivity index (χ4n) is 4.27. The summed E-state index contributed by atoms with van der Waals surface area (Å²) in [6.07, 6.45) is 0.168. The lowest BCUT2D eigenvalue weighted by atomic mass is 10.0. The van der Waals surface area contributed by atoms with E-state index in [0.717, 1.165) is 5.56 Å². The first kappa shape index (κ1) is 31.0. The summed E-state index contributed by atoms with van der Waals surface area (Å²) < 4.78 is 0. The van der Waals surface area contributed by atoms with Crippen molar-refractivity contribution < 1.29 is 39.6 Å². The maximum absolute atomic E-state index is 12.4. The van der Waals surface area contributed by atoms with E-state index in [9.17, 15) is 39.6 Å². The monoisotopic (exact) mass is 551 g/mol. The highest BCUT2D eigenvalue weighted by atomic mass is 32.1. The molecule has 4 N–H and O–H groups in total. The van der Waals surface area contributed by atoms with Gasteiger partial charge in [0.1, 0.15) is 6.04 Å². The Morgan fingerprint density at radius 3 is 1.47 bits per heavy atom. The summed E-state index contributed by atoms with van der Waals surface area (Å²) in [6, 6.07) is 5.97. The zero-order chi connectivity index (χ0) is 28.1. The van der Waals surface area contributed by atoms with E-state index < -0.39 is 29.9 Å². The fourth-order valence-corrected chi connectivity index (χ4v) is 4.37. The van der Waals surface area contributed by atoms with Crippen LogP contribution in [0.15, 0.2) is 29.3 Å². The molecule has 0 saturated carbocycles. The number of benzene rings is 1. The highest BCUT2D eigenvalue weighted by molar-refractivity contribution is 7.78. The van der Waals surface area contributed by atoms with Gasteiger partial charge in [-0.2, -0.15) is 4.99 Å². The summed E-state index contributed by atoms with van der Waals surface area (Å²) in [5, 5.41) is 40.4. The van der Waals surface area contributed by atoms with Crippen molar-refractivity contribution in [2.45, 2.75) is 12.5 Å². The van der Waals surface area contributed by atoms with Gasteiger partial charge in [-0.3, -0.25) is 38.8 Å². The second-order valence-electron chi connectivity index (χ2n) is 8.97. The Balaban J connectivity index is 2.29. The van der Waals surface area contributed by atoms with Crippen molar-refractivity contribution in [3.63, 3.8) is 0 Å². The fraction of sp³-hybridized carbons (Fsp3) is 0.542. The lowest BCUT2D eigenvalue weighted by Gasteiger charge is -2.35. The van der Waals surface area contributed by atoms with Crippen LogP contribution in [-0.4, -0.2) is 147 Å². The molecule has 13 nitrogen and oxygen atoms in total. The van der Waals surface area contributed by atoms with E-state index in [1.54, 1.807) is 43.9 Å². The molecule has 0 aliphatic carbocycles. The maximum atomic E-state index is 12.4. The Labute approximate surface area is 225 Å². The molecule has 1 saturated heterocycles. The molecule has 1 aliphatic heterocycles. The van der Waals surface area contributed by atoms with Gasteiger partial charge in [-0.1, -0.05) is 12.1 Å². The van der Waals surface area contributed by atoms with E-state index in [2.05, 4.69) is 22.4 Å². The number of thiocarbonyl (C=S) groups is 1. The summed E-state index contributed by atoms with van der Waals surface area (Å²) in [6.45, 7) is 1.13. The van der Waals surface area contributed by atoms with Crippen LogP contribution in [0.25, 0.3) is 0 Å². The van der Waals surface area contributed by atoms with Crippen molar-refractivity contribution >= 4 is 46.9 Å². The number of rotatable bonds is 11. The third-order valence-corrected chi connectivity index (χ3v) is 6.31. The number of carbonyl (C=O) groups is 4. The highest BCUT2D eigenvalue weighted by Crippen LogP contribution is 2.16. The average molecular weight is 552 g/mol. The molecule has 0 radical (unpaired) electrons. The zero-order valence-corrected chi connectivity index (χ0v) is 21.8. The lowest BCUT2D eigenvalue weighted by molar-refractivity contribution is -0.144. The van der Waals surface area contributed by atoms with E-state index in [4.69, 9.17) is 0 Å². The second kappa shape index (κ2) is 15.9. The summed E-state index contributed by atoms with van der Waals surface area (Å²) in [5.74, 6) is -4.19. The van der Waals surface area contributed by atoms with Crippen LogP contribution in [-0.2, 0) is 25.6 Å². The molecule has 0 amide bonds. The van der Waals surface area contributed by atoms with Crippen molar-refractivity contribution in [1.29, 1.82) is 0 Å². The predicted octanol–water partition coefficient (Wildman–Crippen LogP) is -0.108. The van der Waals surface area contributed by atoms with Crippen LogP contribution < -0.4 is 0 Å². The largest absolute Gasteiger partial charge is 0.480 e. The van der Waals surface area contributed by atoms with Gasteiger partial charge >= 0.3 is 23.9 Å². The minimum Gasteiger partial charge on any atom is -0.480 e. The van der Waals surface area contributed by atoms with Gasteiger partial charge in [0.25, 0.3) is 0 Å². The molecule has 0 bridgehead atoms. The molecule has 1 aromatic carbocycles. The third kappa shape index (κ3) is 11.4. The summed E-state index contributed by atoms with van der Waals surface area (Å²) >= 11 is 4.60. The van der Waals surface area contributed by atoms with Crippen LogP contribution in [0, 0.1) is 0 Å². The Hall–Kier alpha value is -3.26. The molecule has 2 rings (SSSR count). The van der Waals surface area contributed by atoms with Crippen LogP contribution >= 0.6 is 12.2 Å². The first-order chi connectivity index (χ1) is 18.1. The average Bonchev–Trinajstić information content (AvgIpc) is 2.83. The van der Waals surface area contributed by atoms with Crippen LogP contribution in [0.5, 0.6) is 0 Å². The number of hydrogen-bond donors (Lipinski definition) is 4. The molecule has 1 aromatic rings. The molecule has 1 fully saturated rings. The number of isothiocyanates is 1. The highest BCUT2D eigenvalue weighted by Gasteiger charge is 2.28. The molecule has 1 atom stereocenters. The molecule has 14 heteroatoms. The molecule has 208 valence electrons. The summed E-state index contributed by atoms with van der Waals surface area (Å²) in [7, 11) is 0. The minimum atomic E-state index is -1.06. The molecule has 0 aromatic heterocycles. The Morgan fingerprint density at radius 1 is 0.737 bits per heavy atom. The summed E-state index contributed by atoms with van der Waals surface area (Å²) in [4.78, 5) is 57.1. The van der Waals surface area contributed by atoms with Gasteiger partial charge in [0, 0.05) is 52.4 Å². The van der Waals surface area contributed by atoms with E-state index in [1.807, 2.05) is 0 Å². The lowest BCUT2D eigenvalue weighted by Crippen LogP contribution is -2.52. The number of carboxylic acid groups (broad SMARTS) is 4. The van der Waals surface area contributed by atoms with Crippen LogP contribution in [0.4, 0.5) is 5.69 Å². The first-order valence-corrected chi connectivity index (χ1v) is 12.4. The van der Waals surface area contributed by atoms with Crippen LogP contribution in [0.3, 0.4) is 0 Å². The van der Waals surface area contributed by atoms with E-state index in [-0.39, 0.29) is 78.4 Å². The number of nitrogens with zero attached hydrogens (tertiary/aromatic N) is 5.